The molecular weight excluding hydrogens is 188 g/mol. The summed E-state index contributed by atoms with van der Waals surface area (Å²) in [5, 5.41) is -0.719. The highest BCUT2D eigenvalue weighted by molar-refractivity contribution is 7.41. The van der Waals surface area contributed by atoms with Gasteiger partial charge in [0, 0.05) is 13.1 Å². The largest absolute Gasteiger partial charge is 0.379 e. The van der Waals surface area contributed by atoms with Gasteiger partial charge in [-0.2, -0.15) is 0 Å². The zero-order valence-electron chi connectivity index (χ0n) is 5.99. The standard InChI is InChI=1S/C5H11ClNO3P/c6-5(11(8)9)7-1-3-10-4-2-7/h5,11H,1-4H2,(H,8,9). The zero-order valence-corrected chi connectivity index (χ0v) is 7.75. The fourth-order valence-electron chi connectivity index (χ4n) is 0.960. The number of morpholine rings is 1. The quantitative estimate of drug-likeness (QED) is 0.395. The van der Waals surface area contributed by atoms with Gasteiger partial charge in [-0.25, -0.2) is 0 Å². The minimum atomic E-state index is -2.63. The topological polar surface area (TPSA) is 49.8 Å². The number of hydrogen-bond acceptors (Lipinski definition) is 3. The van der Waals surface area contributed by atoms with E-state index in [1.807, 2.05) is 0 Å². The van der Waals surface area contributed by atoms with E-state index in [0.29, 0.717) is 26.3 Å². The summed E-state index contributed by atoms with van der Waals surface area (Å²) in [6.07, 6.45) is 0. The Morgan fingerprint density at radius 2 is 2.09 bits per heavy atom. The predicted molar refractivity (Wildman–Crippen MR) is 43.3 cm³/mol. The normalized spacial score (nSPS) is 26.4. The van der Waals surface area contributed by atoms with Gasteiger partial charge in [0.2, 0.25) is 8.03 Å². The Labute approximate surface area is 71.0 Å². The molecule has 0 bridgehead atoms. The van der Waals surface area contributed by atoms with E-state index in [1.54, 1.807) is 4.90 Å². The van der Waals surface area contributed by atoms with Gasteiger partial charge in [0.15, 0.2) is 5.24 Å². The lowest BCUT2D eigenvalue weighted by Crippen LogP contribution is -2.39. The number of ether oxygens (including phenoxy) is 1. The minimum Gasteiger partial charge on any atom is -0.379 e. The first kappa shape index (κ1) is 9.49. The van der Waals surface area contributed by atoms with Gasteiger partial charge in [0.25, 0.3) is 0 Å². The molecule has 0 aromatic carbocycles. The van der Waals surface area contributed by atoms with Crippen LogP contribution in [-0.4, -0.2) is 41.3 Å². The first-order chi connectivity index (χ1) is 5.22. The third-order valence-electron chi connectivity index (χ3n) is 1.57. The van der Waals surface area contributed by atoms with Gasteiger partial charge in [0.1, 0.15) is 0 Å². The fraction of sp³-hybridized carbons (Fsp3) is 1.00. The first-order valence-electron chi connectivity index (χ1n) is 3.40. The van der Waals surface area contributed by atoms with Crippen LogP contribution in [0.4, 0.5) is 0 Å². The van der Waals surface area contributed by atoms with E-state index in [4.69, 9.17) is 21.2 Å². The summed E-state index contributed by atoms with van der Waals surface area (Å²) < 4.78 is 15.6. The molecule has 0 spiro atoms. The van der Waals surface area contributed by atoms with Gasteiger partial charge in [-0.05, 0) is 0 Å². The number of rotatable bonds is 2. The van der Waals surface area contributed by atoms with Crippen molar-refractivity contribution in [3.05, 3.63) is 0 Å². The average Bonchev–Trinajstić information content (AvgIpc) is 2.05. The van der Waals surface area contributed by atoms with Crippen LogP contribution in [0, 0.1) is 0 Å². The summed E-state index contributed by atoms with van der Waals surface area (Å²) in [6.45, 7) is 2.48. The lowest BCUT2D eigenvalue weighted by molar-refractivity contribution is 0.0407. The summed E-state index contributed by atoms with van der Waals surface area (Å²) in [6, 6.07) is 0. The van der Waals surface area contributed by atoms with Gasteiger partial charge in [-0.15, -0.1) is 0 Å². The summed E-state index contributed by atoms with van der Waals surface area (Å²) in [5.74, 6) is 0. The van der Waals surface area contributed by atoms with Gasteiger partial charge < -0.3 is 9.63 Å². The Bertz CT molecular complexity index is 151. The third-order valence-corrected chi connectivity index (χ3v) is 3.18. The molecule has 1 rings (SSSR count). The Balaban J connectivity index is 2.38. The Morgan fingerprint density at radius 1 is 1.55 bits per heavy atom. The summed E-state index contributed by atoms with van der Waals surface area (Å²) in [7, 11) is -2.63. The highest BCUT2D eigenvalue weighted by atomic mass is 35.5. The van der Waals surface area contributed by atoms with Gasteiger partial charge in [0.05, 0.1) is 13.2 Å². The van der Waals surface area contributed by atoms with Crippen LogP contribution in [0.25, 0.3) is 0 Å². The lowest BCUT2D eigenvalue weighted by Gasteiger charge is -2.28. The molecule has 0 amide bonds. The van der Waals surface area contributed by atoms with E-state index in [1.165, 1.54) is 0 Å². The smallest absolute Gasteiger partial charge is 0.220 e. The maximum Gasteiger partial charge on any atom is 0.220 e. The van der Waals surface area contributed by atoms with Gasteiger partial charge in [-0.1, -0.05) is 11.6 Å². The van der Waals surface area contributed by atoms with Crippen molar-refractivity contribution in [3.8, 4) is 0 Å². The average molecular weight is 200 g/mol. The van der Waals surface area contributed by atoms with E-state index in [0.717, 1.165) is 0 Å². The molecule has 0 aromatic rings. The van der Waals surface area contributed by atoms with E-state index in [9.17, 15) is 4.57 Å². The van der Waals surface area contributed by atoms with Crippen LogP contribution in [0.3, 0.4) is 0 Å². The molecule has 0 saturated carbocycles. The van der Waals surface area contributed by atoms with Gasteiger partial charge in [-0.3, -0.25) is 9.46 Å². The summed E-state index contributed by atoms with van der Waals surface area (Å²) in [4.78, 5) is 10.5. The van der Waals surface area contributed by atoms with Crippen molar-refractivity contribution in [2.24, 2.45) is 0 Å². The molecule has 6 heteroatoms. The second kappa shape index (κ2) is 4.43. The molecule has 1 aliphatic rings. The SMILES string of the molecule is O=[PH](O)C(Cl)N1CCOCC1. The molecule has 1 N–H and O–H groups in total. The predicted octanol–water partition coefficient (Wildman–Crippen LogP) is 0.308. The lowest BCUT2D eigenvalue weighted by atomic mass is 10.5. The number of alkyl halides is 1. The number of halogens is 1. The molecule has 0 aliphatic carbocycles. The third kappa shape index (κ3) is 2.73. The van der Waals surface area contributed by atoms with Crippen LogP contribution in [0.1, 0.15) is 0 Å². The molecule has 1 aliphatic heterocycles. The van der Waals surface area contributed by atoms with E-state index in [2.05, 4.69) is 0 Å². The molecule has 0 radical (unpaired) electrons. The molecule has 2 unspecified atom stereocenters. The van der Waals surface area contributed by atoms with Gasteiger partial charge >= 0.3 is 0 Å². The molecule has 2 atom stereocenters. The van der Waals surface area contributed by atoms with Crippen LogP contribution >= 0.6 is 19.6 Å². The summed E-state index contributed by atoms with van der Waals surface area (Å²) >= 11 is 5.65. The Morgan fingerprint density at radius 3 is 2.55 bits per heavy atom. The van der Waals surface area contributed by atoms with Crippen molar-refractivity contribution >= 4 is 19.6 Å². The van der Waals surface area contributed by atoms with Crippen molar-refractivity contribution in [2.45, 2.75) is 5.24 Å². The highest BCUT2D eigenvalue weighted by Gasteiger charge is 2.21. The number of nitrogens with zero attached hydrogens (tertiary/aromatic N) is 1. The monoisotopic (exact) mass is 199 g/mol. The Kier molecular flexibility index (Phi) is 3.82. The Hall–Kier alpha value is 0.400. The molecule has 1 fully saturated rings. The molecule has 1 saturated heterocycles. The fourth-order valence-corrected chi connectivity index (χ4v) is 1.73. The van der Waals surface area contributed by atoms with Crippen LogP contribution < -0.4 is 0 Å². The van der Waals surface area contributed by atoms with Crippen LogP contribution in [-0.2, 0) is 9.30 Å². The van der Waals surface area contributed by atoms with E-state index in [-0.39, 0.29) is 0 Å². The molecular formula is C5H11ClNO3P. The number of hydrogen-bond donors (Lipinski definition) is 1. The maximum atomic E-state index is 10.6. The molecule has 11 heavy (non-hydrogen) atoms. The van der Waals surface area contributed by atoms with Crippen molar-refractivity contribution in [1.82, 2.24) is 4.90 Å². The van der Waals surface area contributed by atoms with Crippen LogP contribution in [0.2, 0.25) is 0 Å². The van der Waals surface area contributed by atoms with Crippen LogP contribution in [0.5, 0.6) is 0 Å². The maximum absolute atomic E-state index is 10.6. The second-order valence-corrected chi connectivity index (χ2v) is 4.33. The first-order valence-corrected chi connectivity index (χ1v) is 5.27. The molecule has 0 aromatic heterocycles. The van der Waals surface area contributed by atoms with Crippen molar-refractivity contribution < 1.29 is 14.2 Å². The highest BCUT2D eigenvalue weighted by Crippen LogP contribution is 2.29. The van der Waals surface area contributed by atoms with Crippen molar-refractivity contribution in [3.63, 3.8) is 0 Å². The molecule has 4 nitrogen and oxygen atoms in total. The zero-order chi connectivity index (χ0) is 8.27. The second-order valence-electron chi connectivity index (χ2n) is 2.32. The molecule has 66 valence electrons. The summed E-state index contributed by atoms with van der Waals surface area (Å²) in [5.41, 5.74) is 0. The van der Waals surface area contributed by atoms with Crippen LogP contribution in [0.15, 0.2) is 0 Å². The van der Waals surface area contributed by atoms with Crippen molar-refractivity contribution in [1.29, 1.82) is 0 Å². The van der Waals surface area contributed by atoms with Crippen molar-refractivity contribution in [2.75, 3.05) is 26.3 Å². The minimum absolute atomic E-state index is 0.596. The van der Waals surface area contributed by atoms with E-state index >= 15 is 0 Å². The van der Waals surface area contributed by atoms with E-state index < -0.39 is 13.3 Å². The molecule has 1 heterocycles.